The van der Waals surface area contributed by atoms with Crippen LogP contribution in [0, 0.1) is 13.8 Å². The van der Waals surface area contributed by atoms with Gasteiger partial charge in [0.2, 0.25) is 11.1 Å². The molecule has 5 nitrogen and oxygen atoms in total. The van der Waals surface area contributed by atoms with Crippen molar-refractivity contribution in [1.82, 2.24) is 15.2 Å². The number of hydrogen-bond donors (Lipinski definition) is 2. The number of anilines is 1. The third kappa shape index (κ3) is 3.68. The second-order valence-electron chi connectivity index (χ2n) is 5.46. The number of benzene rings is 1. The molecule has 1 unspecified atom stereocenters. The van der Waals surface area contributed by atoms with Gasteiger partial charge in [-0.2, -0.15) is 0 Å². The van der Waals surface area contributed by atoms with Gasteiger partial charge in [0, 0.05) is 5.69 Å². The fraction of sp³-hybridized carbons (Fsp3) is 0.235. The Hall–Kier alpha value is -2.12. The Morgan fingerprint density at radius 2 is 2.00 bits per heavy atom. The molecule has 0 fully saturated rings. The molecule has 3 aromatic rings. The number of aromatic amines is 1. The molecular formula is C17H18N4OS2. The molecule has 124 valence electrons. The number of amides is 1. The minimum absolute atomic E-state index is 0.0557. The van der Waals surface area contributed by atoms with E-state index in [4.69, 9.17) is 0 Å². The number of nitrogens with zero attached hydrogens (tertiary/aromatic N) is 2. The number of hydrogen-bond acceptors (Lipinski definition) is 5. The smallest absolute Gasteiger partial charge is 0.237 e. The van der Waals surface area contributed by atoms with Crippen molar-refractivity contribution in [3.05, 3.63) is 46.8 Å². The largest absolute Gasteiger partial charge is 0.325 e. The van der Waals surface area contributed by atoms with Gasteiger partial charge in [-0.3, -0.25) is 9.89 Å². The van der Waals surface area contributed by atoms with Crippen molar-refractivity contribution in [1.29, 1.82) is 0 Å². The highest BCUT2D eigenvalue weighted by atomic mass is 32.2. The Morgan fingerprint density at radius 1 is 1.25 bits per heavy atom. The summed E-state index contributed by atoms with van der Waals surface area (Å²) in [6, 6.07) is 9.91. The van der Waals surface area contributed by atoms with E-state index in [1.165, 1.54) is 11.8 Å². The Balaban J connectivity index is 1.66. The number of rotatable bonds is 5. The summed E-state index contributed by atoms with van der Waals surface area (Å²) in [5, 5.41) is 12.4. The Morgan fingerprint density at radius 3 is 2.67 bits per heavy atom. The van der Waals surface area contributed by atoms with Gasteiger partial charge < -0.3 is 5.32 Å². The van der Waals surface area contributed by atoms with Gasteiger partial charge >= 0.3 is 0 Å². The van der Waals surface area contributed by atoms with E-state index in [9.17, 15) is 4.79 Å². The minimum Gasteiger partial charge on any atom is -0.325 e. The number of nitrogens with one attached hydrogen (secondary N) is 2. The van der Waals surface area contributed by atoms with Gasteiger partial charge in [-0.15, -0.1) is 16.4 Å². The first-order valence-electron chi connectivity index (χ1n) is 7.54. The lowest BCUT2D eigenvalue weighted by Crippen LogP contribution is -2.23. The minimum atomic E-state index is -0.295. The summed E-state index contributed by atoms with van der Waals surface area (Å²) < 4.78 is 0. The molecule has 2 N–H and O–H groups in total. The normalized spacial score (nSPS) is 12.1. The SMILES string of the molecule is Cc1cccc(C)c1NC(=O)C(C)Sc1n[nH]c(-c2cccs2)n1. The molecule has 2 aromatic heterocycles. The van der Waals surface area contributed by atoms with Gasteiger partial charge in [-0.1, -0.05) is 36.0 Å². The van der Waals surface area contributed by atoms with Gasteiger partial charge in [-0.05, 0) is 43.3 Å². The van der Waals surface area contributed by atoms with Crippen molar-refractivity contribution < 1.29 is 4.79 Å². The standard InChI is InChI=1S/C17H18N4OS2/c1-10-6-4-7-11(2)14(10)18-16(22)12(3)24-17-19-15(20-21-17)13-8-5-9-23-13/h4-9,12H,1-3H3,(H,18,22)(H,19,20,21). The van der Waals surface area contributed by atoms with Crippen molar-refractivity contribution in [3.63, 3.8) is 0 Å². The highest BCUT2D eigenvalue weighted by Gasteiger charge is 2.19. The molecule has 0 spiro atoms. The maximum absolute atomic E-state index is 12.5. The number of thiophene rings is 1. The van der Waals surface area contributed by atoms with E-state index >= 15 is 0 Å². The lowest BCUT2D eigenvalue weighted by molar-refractivity contribution is -0.115. The Bertz CT molecular complexity index is 822. The monoisotopic (exact) mass is 358 g/mol. The summed E-state index contributed by atoms with van der Waals surface area (Å²) in [6.07, 6.45) is 0. The second kappa shape index (κ2) is 7.19. The Kier molecular flexibility index (Phi) is 5.01. The zero-order valence-electron chi connectivity index (χ0n) is 13.7. The van der Waals surface area contributed by atoms with Crippen molar-refractivity contribution in [3.8, 4) is 10.7 Å². The molecular weight excluding hydrogens is 340 g/mol. The van der Waals surface area contributed by atoms with Gasteiger partial charge in [0.1, 0.15) is 0 Å². The molecule has 3 rings (SSSR count). The van der Waals surface area contributed by atoms with Crippen LogP contribution in [-0.2, 0) is 4.79 Å². The first kappa shape index (κ1) is 16.7. The summed E-state index contributed by atoms with van der Waals surface area (Å²) in [5.74, 6) is 0.676. The lowest BCUT2D eigenvalue weighted by atomic mass is 10.1. The van der Waals surface area contributed by atoms with Crippen LogP contribution in [0.2, 0.25) is 0 Å². The summed E-state index contributed by atoms with van der Waals surface area (Å²) in [7, 11) is 0. The lowest BCUT2D eigenvalue weighted by Gasteiger charge is -2.14. The highest BCUT2D eigenvalue weighted by molar-refractivity contribution is 8.00. The zero-order valence-corrected chi connectivity index (χ0v) is 15.3. The van der Waals surface area contributed by atoms with E-state index in [1.807, 2.05) is 56.5 Å². The fourth-order valence-electron chi connectivity index (χ4n) is 2.27. The first-order chi connectivity index (χ1) is 11.5. The van der Waals surface area contributed by atoms with Crippen molar-refractivity contribution in [2.75, 3.05) is 5.32 Å². The van der Waals surface area contributed by atoms with Crippen molar-refractivity contribution in [2.45, 2.75) is 31.2 Å². The van der Waals surface area contributed by atoms with Crippen LogP contribution < -0.4 is 5.32 Å². The number of aromatic nitrogens is 3. The van der Waals surface area contributed by atoms with Crippen molar-refractivity contribution >= 4 is 34.7 Å². The molecule has 24 heavy (non-hydrogen) atoms. The molecule has 1 atom stereocenters. The van der Waals surface area contributed by atoms with E-state index in [0.29, 0.717) is 5.16 Å². The highest BCUT2D eigenvalue weighted by Crippen LogP contribution is 2.26. The molecule has 0 aliphatic rings. The summed E-state index contributed by atoms with van der Waals surface area (Å²) in [6.45, 7) is 5.83. The van der Waals surface area contributed by atoms with E-state index in [2.05, 4.69) is 20.5 Å². The maximum atomic E-state index is 12.5. The molecule has 1 amide bonds. The summed E-state index contributed by atoms with van der Waals surface area (Å²) in [4.78, 5) is 17.9. The van der Waals surface area contributed by atoms with Crippen LogP contribution in [-0.4, -0.2) is 26.3 Å². The number of thioether (sulfide) groups is 1. The average molecular weight is 358 g/mol. The van der Waals surface area contributed by atoms with Crippen LogP contribution in [0.1, 0.15) is 18.1 Å². The number of carbonyl (C=O) groups is 1. The molecule has 2 heterocycles. The van der Waals surface area contributed by atoms with Crippen LogP contribution in [0.15, 0.2) is 40.9 Å². The van der Waals surface area contributed by atoms with E-state index in [1.54, 1.807) is 11.3 Å². The second-order valence-corrected chi connectivity index (χ2v) is 7.72. The fourth-order valence-corrected chi connectivity index (χ4v) is 3.66. The van der Waals surface area contributed by atoms with Crippen molar-refractivity contribution in [2.24, 2.45) is 0 Å². The molecule has 1 aromatic carbocycles. The zero-order chi connectivity index (χ0) is 17.1. The third-order valence-electron chi connectivity index (χ3n) is 3.60. The molecule has 0 bridgehead atoms. The van der Waals surface area contributed by atoms with Crippen LogP contribution in [0.5, 0.6) is 0 Å². The van der Waals surface area contributed by atoms with Gasteiger partial charge in [0.15, 0.2) is 5.82 Å². The van der Waals surface area contributed by atoms with Crippen LogP contribution in [0.3, 0.4) is 0 Å². The molecule has 0 radical (unpaired) electrons. The summed E-state index contributed by atoms with van der Waals surface area (Å²) >= 11 is 2.94. The number of aryl methyl sites for hydroxylation is 2. The predicted octanol–water partition coefficient (Wildman–Crippen LogP) is 4.27. The number of para-hydroxylation sites is 1. The predicted molar refractivity (Wildman–Crippen MR) is 99.6 cm³/mol. The van der Waals surface area contributed by atoms with Gasteiger partial charge in [0.05, 0.1) is 10.1 Å². The molecule has 0 saturated carbocycles. The van der Waals surface area contributed by atoms with E-state index in [0.717, 1.165) is 27.5 Å². The van der Waals surface area contributed by atoms with E-state index < -0.39 is 0 Å². The van der Waals surface area contributed by atoms with Crippen LogP contribution in [0.25, 0.3) is 10.7 Å². The van der Waals surface area contributed by atoms with Crippen LogP contribution in [0.4, 0.5) is 5.69 Å². The Labute approximate surface area is 148 Å². The topological polar surface area (TPSA) is 70.7 Å². The molecule has 0 saturated heterocycles. The maximum Gasteiger partial charge on any atom is 0.237 e. The quantitative estimate of drug-likeness (QED) is 0.668. The van der Waals surface area contributed by atoms with Gasteiger partial charge in [-0.25, -0.2) is 4.98 Å². The molecule has 0 aliphatic carbocycles. The first-order valence-corrected chi connectivity index (χ1v) is 9.30. The average Bonchev–Trinajstić information content (AvgIpc) is 3.21. The third-order valence-corrected chi connectivity index (χ3v) is 5.44. The molecule has 7 heteroatoms. The van der Waals surface area contributed by atoms with E-state index in [-0.39, 0.29) is 11.2 Å². The number of carbonyl (C=O) groups excluding carboxylic acids is 1. The van der Waals surface area contributed by atoms with Gasteiger partial charge in [0.25, 0.3) is 0 Å². The summed E-state index contributed by atoms with van der Waals surface area (Å²) in [5.41, 5.74) is 2.99. The number of H-pyrrole nitrogens is 1. The molecule has 0 aliphatic heterocycles. The van der Waals surface area contributed by atoms with Crippen LogP contribution >= 0.6 is 23.1 Å².